The number of hydrogen-bond acceptors (Lipinski definition) is 3. The van der Waals surface area contributed by atoms with Crippen molar-refractivity contribution >= 4 is 5.69 Å². The highest BCUT2D eigenvalue weighted by Gasteiger charge is 2.01. The van der Waals surface area contributed by atoms with Gasteiger partial charge in [0.2, 0.25) is 0 Å². The van der Waals surface area contributed by atoms with Crippen molar-refractivity contribution in [3.05, 3.63) is 24.5 Å². The minimum absolute atomic E-state index is 0.500. The van der Waals surface area contributed by atoms with E-state index in [4.69, 9.17) is 0 Å². The van der Waals surface area contributed by atoms with Crippen molar-refractivity contribution in [1.82, 2.24) is 9.88 Å². The van der Waals surface area contributed by atoms with E-state index in [9.17, 15) is 0 Å². The SMILES string of the molecule is CC(CCN(C)C)Nc1ccncc1. The largest absolute Gasteiger partial charge is 0.382 e. The molecule has 1 unspecified atom stereocenters. The van der Waals surface area contributed by atoms with Crippen LogP contribution in [0, 0.1) is 0 Å². The minimum atomic E-state index is 0.500. The van der Waals surface area contributed by atoms with E-state index in [1.54, 1.807) is 12.4 Å². The smallest absolute Gasteiger partial charge is 0.0373 e. The molecular formula is C11H19N3. The van der Waals surface area contributed by atoms with Gasteiger partial charge in [-0.1, -0.05) is 0 Å². The summed E-state index contributed by atoms with van der Waals surface area (Å²) < 4.78 is 0. The van der Waals surface area contributed by atoms with Crippen LogP contribution in [0.15, 0.2) is 24.5 Å². The van der Waals surface area contributed by atoms with E-state index in [0.717, 1.165) is 18.7 Å². The van der Waals surface area contributed by atoms with Crippen LogP contribution in [-0.4, -0.2) is 36.6 Å². The second-order valence-corrected chi connectivity index (χ2v) is 3.87. The summed E-state index contributed by atoms with van der Waals surface area (Å²) >= 11 is 0. The van der Waals surface area contributed by atoms with E-state index in [-0.39, 0.29) is 0 Å². The zero-order valence-electron chi connectivity index (χ0n) is 9.20. The first kappa shape index (κ1) is 11.0. The summed E-state index contributed by atoms with van der Waals surface area (Å²) in [5.41, 5.74) is 1.14. The molecule has 0 saturated carbocycles. The molecular weight excluding hydrogens is 174 g/mol. The Kier molecular flexibility index (Phi) is 4.40. The Balaban J connectivity index is 2.30. The molecule has 3 nitrogen and oxygen atoms in total. The van der Waals surface area contributed by atoms with E-state index in [1.807, 2.05) is 12.1 Å². The van der Waals surface area contributed by atoms with Gasteiger partial charge in [-0.3, -0.25) is 4.98 Å². The molecule has 1 rings (SSSR count). The highest BCUT2D eigenvalue weighted by Crippen LogP contribution is 2.07. The Bertz CT molecular complexity index is 246. The van der Waals surface area contributed by atoms with Crippen LogP contribution in [0.1, 0.15) is 13.3 Å². The van der Waals surface area contributed by atoms with Crippen molar-refractivity contribution in [3.63, 3.8) is 0 Å². The first-order chi connectivity index (χ1) is 6.68. The van der Waals surface area contributed by atoms with Gasteiger partial charge in [0.15, 0.2) is 0 Å². The number of pyridine rings is 1. The summed E-state index contributed by atoms with van der Waals surface area (Å²) in [5.74, 6) is 0. The number of aromatic nitrogens is 1. The molecule has 14 heavy (non-hydrogen) atoms. The summed E-state index contributed by atoms with van der Waals surface area (Å²) in [6, 6.07) is 4.48. The van der Waals surface area contributed by atoms with Crippen LogP contribution in [0.4, 0.5) is 5.69 Å². The molecule has 0 aliphatic heterocycles. The van der Waals surface area contributed by atoms with Crippen LogP contribution in [-0.2, 0) is 0 Å². The van der Waals surface area contributed by atoms with Gasteiger partial charge >= 0.3 is 0 Å². The monoisotopic (exact) mass is 193 g/mol. The molecule has 0 aliphatic carbocycles. The Morgan fingerprint density at radius 1 is 1.36 bits per heavy atom. The van der Waals surface area contributed by atoms with Gasteiger partial charge in [-0.15, -0.1) is 0 Å². The lowest BCUT2D eigenvalue weighted by molar-refractivity contribution is 0.390. The number of rotatable bonds is 5. The number of hydrogen-bond donors (Lipinski definition) is 1. The molecule has 0 saturated heterocycles. The maximum atomic E-state index is 3.98. The van der Waals surface area contributed by atoms with E-state index in [0.29, 0.717) is 6.04 Å². The molecule has 0 fully saturated rings. The quantitative estimate of drug-likeness (QED) is 0.773. The van der Waals surface area contributed by atoms with Gasteiger partial charge in [-0.25, -0.2) is 0 Å². The standard InChI is InChI=1S/C11H19N3/c1-10(6-9-14(2)3)13-11-4-7-12-8-5-11/h4-5,7-8,10H,6,9H2,1-3H3,(H,12,13). The molecule has 1 N–H and O–H groups in total. The average molecular weight is 193 g/mol. The molecule has 1 heterocycles. The van der Waals surface area contributed by atoms with E-state index >= 15 is 0 Å². The van der Waals surface area contributed by atoms with Crippen LogP contribution >= 0.6 is 0 Å². The molecule has 0 aliphatic rings. The Hall–Kier alpha value is -1.09. The van der Waals surface area contributed by atoms with E-state index < -0.39 is 0 Å². The van der Waals surface area contributed by atoms with Crippen LogP contribution in [0.25, 0.3) is 0 Å². The second-order valence-electron chi connectivity index (χ2n) is 3.87. The maximum Gasteiger partial charge on any atom is 0.0373 e. The summed E-state index contributed by atoms with van der Waals surface area (Å²) in [7, 11) is 4.19. The Morgan fingerprint density at radius 3 is 2.57 bits per heavy atom. The zero-order chi connectivity index (χ0) is 10.4. The fraction of sp³-hybridized carbons (Fsp3) is 0.545. The van der Waals surface area contributed by atoms with Crippen molar-refractivity contribution in [2.75, 3.05) is 26.0 Å². The number of nitrogens with one attached hydrogen (secondary N) is 1. The minimum Gasteiger partial charge on any atom is -0.382 e. The van der Waals surface area contributed by atoms with Crippen molar-refractivity contribution in [3.8, 4) is 0 Å². The van der Waals surface area contributed by atoms with Gasteiger partial charge in [0.1, 0.15) is 0 Å². The number of anilines is 1. The third kappa shape index (κ3) is 4.23. The van der Waals surface area contributed by atoms with Gasteiger partial charge in [-0.05, 0) is 46.1 Å². The lowest BCUT2D eigenvalue weighted by atomic mass is 10.2. The molecule has 78 valence electrons. The van der Waals surface area contributed by atoms with Crippen molar-refractivity contribution < 1.29 is 0 Å². The molecule has 1 atom stereocenters. The topological polar surface area (TPSA) is 28.2 Å². The Labute approximate surface area is 86.2 Å². The molecule has 1 aromatic rings. The van der Waals surface area contributed by atoms with E-state index in [1.165, 1.54) is 0 Å². The summed E-state index contributed by atoms with van der Waals surface area (Å²) in [6.45, 7) is 3.31. The van der Waals surface area contributed by atoms with Gasteiger partial charge in [-0.2, -0.15) is 0 Å². The van der Waals surface area contributed by atoms with Gasteiger partial charge < -0.3 is 10.2 Å². The first-order valence-corrected chi connectivity index (χ1v) is 5.00. The predicted molar refractivity (Wildman–Crippen MR) is 60.5 cm³/mol. The van der Waals surface area contributed by atoms with Crippen LogP contribution < -0.4 is 5.32 Å². The molecule has 0 radical (unpaired) electrons. The summed E-state index contributed by atoms with van der Waals surface area (Å²) in [4.78, 5) is 6.18. The summed E-state index contributed by atoms with van der Waals surface area (Å²) in [5, 5.41) is 3.43. The molecule has 3 heteroatoms. The highest BCUT2D eigenvalue weighted by molar-refractivity contribution is 5.41. The van der Waals surface area contributed by atoms with Gasteiger partial charge in [0.05, 0.1) is 0 Å². The van der Waals surface area contributed by atoms with Crippen molar-refractivity contribution in [1.29, 1.82) is 0 Å². The van der Waals surface area contributed by atoms with Gasteiger partial charge in [0.25, 0.3) is 0 Å². The number of nitrogens with zero attached hydrogens (tertiary/aromatic N) is 2. The van der Waals surface area contributed by atoms with Crippen LogP contribution in [0.5, 0.6) is 0 Å². The van der Waals surface area contributed by atoms with Gasteiger partial charge in [0, 0.05) is 24.1 Å². The van der Waals surface area contributed by atoms with Crippen molar-refractivity contribution in [2.45, 2.75) is 19.4 Å². The fourth-order valence-corrected chi connectivity index (χ4v) is 1.26. The normalized spacial score (nSPS) is 12.9. The fourth-order valence-electron chi connectivity index (χ4n) is 1.26. The lowest BCUT2D eigenvalue weighted by Crippen LogP contribution is -2.22. The van der Waals surface area contributed by atoms with E-state index in [2.05, 4.69) is 36.2 Å². The summed E-state index contributed by atoms with van der Waals surface area (Å²) in [6.07, 6.45) is 4.76. The molecule has 0 amide bonds. The molecule has 0 bridgehead atoms. The highest BCUT2D eigenvalue weighted by atomic mass is 15.1. The Morgan fingerprint density at radius 2 is 2.00 bits per heavy atom. The predicted octanol–water partition coefficient (Wildman–Crippen LogP) is 1.83. The molecule has 0 aromatic carbocycles. The average Bonchev–Trinajstić information content (AvgIpc) is 2.16. The van der Waals surface area contributed by atoms with Crippen LogP contribution in [0.3, 0.4) is 0 Å². The third-order valence-corrected chi connectivity index (χ3v) is 2.10. The maximum absolute atomic E-state index is 3.98. The van der Waals surface area contributed by atoms with Crippen LogP contribution in [0.2, 0.25) is 0 Å². The zero-order valence-corrected chi connectivity index (χ0v) is 9.20. The molecule has 1 aromatic heterocycles. The molecule has 0 spiro atoms. The first-order valence-electron chi connectivity index (χ1n) is 5.00. The van der Waals surface area contributed by atoms with Crippen molar-refractivity contribution in [2.24, 2.45) is 0 Å². The third-order valence-electron chi connectivity index (χ3n) is 2.10. The second kappa shape index (κ2) is 5.60. The lowest BCUT2D eigenvalue weighted by Gasteiger charge is -2.17.